The van der Waals surface area contributed by atoms with Crippen LogP contribution in [0, 0.1) is 0 Å². The van der Waals surface area contributed by atoms with Crippen LogP contribution in [-0.2, 0) is 6.54 Å². The maximum Gasteiger partial charge on any atom is 0.0967 e. The van der Waals surface area contributed by atoms with E-state index in [9.17, 15) is 0 Å². The molecule has 0 unspecified atom stereocenters. The van der Waals surface area contributed by atoms with Crippen LogP contribution in [0.25, 0.3) is 21.8 Å². The van der Waals surface area contributed by atoms with Crippen LogP contribution in [0.4, 0.5) is 0 Å². The zero-order valence-electron chi connectivity index (χ0n) is 8.72. The lowest BCUT2D eigenvalue weighted by Crippen LogP contribution is -1.98. The van der Waals surface area contributed by atoms with Crippen LogP contribution in [0.1, 0.15) is 5.56 Å². The number of pyridine rings is 2. The number of hydrogen-bond donors (Lipinski definition) is 1. The normalized spacial score (nSPS) is 11.1. The molecule has 3 rings (SSSR count). The molecular weight excluding hydrogens is 198 g/mol. The monoisotopic (exact) mass is 209 g/mol. The van der Waals surface area contributed by atoms with Crippen LogP contribution in [0.5, 0.6) is 0 Å². The van der Waals surface area contributed by atoms with Gasteiger partial charge in [-0.1, -0.05) is 18.2 Å². The van der Waals surface area contributed by atoms with Crippen LogP contribution in [0.2, 0.25) is 0 Å². The molecule has 2 heterocycles. The molecule has 16 heavy (non-hydrogen) atoms. The van der Waals surface area contributed by atoms with Gasteiger partial charge in [-0.3, -0.25) is 9.97 Å². The first-order valence-corrected chi connectivity index (χ1v) is 5.21. The van der Waals surface area contributed by atoms with E-state index in [-0.39, 0.29) is 0 Å². The summed E-state index contributed by atoms with van der Waals surface area (Å²) in [7, 11) is 0. The minimum Gasteiger partial charge on any atom is -0.326 e. The second-order valence-corrected chi connectivity index (χ2v) is 3.71. The van der Waals surface area contributed by atoms with Crippen LogP contribution in [0.15, 0.2) is 42.7 Å². The second kappa shape index (κ2) is 3.54. The van der Waals surface area contributed by atoms with Crippen molar-refractivity contribution in [1.29, 1.82) is 0 Å². The highest BCUT2D eigenvalue weighted by molar-refractivity contribution is 6.03. The smallest absolute Gasteiger partial charge is 0.0967 e. The maximum absolute atomic E-state index is 5.71. The van der Waals surface area contributed by atoms with Crippen molar-refractivity contribution >= 4 is 21.8 Å². The predicted molar refractivity (Wildman–Crippen MR) is 64.9 cm³/mol. The zero-order chi connectivity index (χ0) is 11.0. The van der Waals surface area contributed by atoms with Gasteiger partial charge in [0.2, 0.25) is 0 Å². The topological polar surface area (TPSA) is 51.8 Å². The van der Waals surface area contributed by atoms with Gasteiger partial charge in [0.05, 0.1) is 11.0 Å². The Morgan fingerprint density at radius 1 is 0.938 bits per heavy atom. The Kier molecular flexibility index (Phi) is 2.04. The fraction of sp³-hybridized carbons (Fsp3) is 0.0769. The number of hydrogen-bond acceptors (Lipinski definition) is 3. The van der Waals surface area contributed by atoms with E-state index in [4.69, 9.17) is 5.73 Å². The Morgan fingerprint density at radius 3 is 2.69 bits per heavy atom. The van der Waals surface area contributed by atoms with Gasteiger partial charge in [-0.05, 0) is 17.7 Å². The molecular formula is C13H11N3. The molecule has 1 aromatic carbocycles. The average Bonchev–Trinajstić information content (AvgIpc) is 2.37. The Balaban J connectivity index is 2.52. The van der Waals surface area contributed by atoms with Crippen molar-refractivity contribution in [1.82, 2.24) is 9.97 Å². The number of fused-ring (bicyclic) bond motifs is 3. The molecule has 0 spiro atoms. The van der Waals surface area contributed by atoms with Crippen molar-refractivity contribution in [2.24, 2.45) is 5.73 Å². The van der Waals surface area contributed by atoms with Crippen molar-refractivity contribution < 1.29 is 0 Å². The number of nitrogens with zero attached hydrogens (tertiary/aromatic N) is 2. The Labute approximate surface area is 92.9 Å². The van der Waals surface area contributed by atoms with Gasteiger partial charge < -0.3 is 5.73 Å². The molecule has 0 saturated heterocycles. The van der Waals surface area contributed by atoms with E-state index in [2.05, 4.69) is 22.1 Å². The van der Waals surface area contributed by atoms with E-state index in [0.29, 0.717) is 6.54 Å². The average molecular weight is 209 g/mol. The van der Waals surface area contributed by atoms with Crippen molar-refractivity contribution in [3.05, 3.63) is 48.3 Å². The SMILES string of the molecule is NCc1ccnc2c1ccc1cccnc12. The Morgan fingerprint density at radius 2 is 1.81 bits per heavy atom. The highest BCUT2D eigenvalue weighted by Gasteiger charge is 2.04. The van der Waals surface area contributed by atoms with Crippen molar-refractivity contribution in [2.45, 2.75) is 6.54 Å². The van der Waals surface area contributed by atoms with Gasteiger partial charge in [0.25, 0.3) is 0 Å². The van der Waals surface area contributed by atoms with Gasteiger partial charge in [0, 0.05) is 29.7 Å². The molecule has 0 atom stereocenters. The third-order valence-corrected chi connectivity index (χ3v) is 2.79. The molecule has 0 saturated carbocycles. The number of nitrogens with two attached hydrogens (primary N) is 1. The summed E-state index contributed by atoms with van der Waals surface area (Å²) in [5.74, 6) is 0. The summed E-state index contributed by atoms with van der Waals surface area (Å²) < 4.78 is 0. The Hall–Kier alpha value is -2.00. The van der Waals surface area contributed by atoms with Gasteiger partial charge in [0.15, 0.2) is 0 Å². The number of aromatic nitrogens is 2. The third-order valence-electron chi connectivity index (χ3n) is 2.79. The summed E-state index contributed by atoms with van der Waals surface area (Å²) in [6.07, 6.45) is 3.58. The molecule has 0 aliphatic rings. The molecule has 0 bridgehead atoms. The first-order chi connectivity index (χ1) is 7.90. The maximum atomic E-state index is 5.71. The van der Waals surface area contributed by atoms with Crippen LogP contribution < -0.4 is 5.73 Å². The zero-order valence-corrected chi connectivity index (χ0v) is 8.72. The molecule has 0 radical (unpaired) electrons. The first-order valence-electron chi connectivity index (χ1n) is 5.21. The van der Waals surface area contributed by atoms with Crippen molar-refractivity contribution in [2.75, 3.05) is 0 Å². The van der Waals surface area contributed by atoms with E-state index in [0.717, 1.165) is 27.4 Å². The van der Waals surface area contributed by atoms with Crippen LogP contribution in [0.3, 0.4) is 0 Å². The molecule has 3 aromatic rings. The summed E-state index contributed by atoms with van der Waals surface area (Å²) in [4.78, 5) is 8.78. The standard InChI is InChI=1S/C13H11N3/c14-8-10-5-7-16-13-11(10)4-3-9-2-1-6-15-12(9)13/h1-7H,8,14H2. The minimum absolute atomic E-state index is 0.525. The Bertz CT molecular complexity index is 661. The molecule has 3 heteroatoms. The lowest BCUT2D eigenvalue weighted by molar-refractivity contribution is 1.08. The quantitative estimate of drug-likeness (QED) is 0.625. The molecule has 0 aliphatic heterocycles. The highest BCUT2D eigenvalue weighted by atomic mass is 14.7. The molecule has 2 aromatic heterocycles. The van der Waals surface area contributed by atoms with E-state index >= 15 is 0 Å². The molecule has 0 amide bonds. The molecule has 0 aliphatic carbocycles. The van der Waals surface area contributed by atoms with E-state index in [1.807, 2.05) is 18.2 Å². The van der Waals surface area contributed by atoms with E-state index < -0.39 is 0 Å². The van der Waals surface area contributed by atoms with Crippen molar-refractivity contribution in [3.8, 4) is 0 Å². The summed E-state index contributed by atoms with van der Waals surface area (Å²) in [6.45, 7) is 0.525. The highest BCUT2D eigenvalue weighted by Crippen LogP contribution is 2.23. The minimum atomic E-state index is 0.525. The second-order valence-electron chi connectivity index (χ2n) is 3.71. The predicted octanol–water partition coefficient (Wildman–Crippen LogP) is 2.24. The molecule has 78 valence electrons. The van der Waals surface area contributed by atoms with Crippen molar-refractivity contribution in [3.63, 3.8) is 0 Å². The summed E-state index contributed by atoms with van der Waals surface area (Å²) in [5.41, 5.74) is 8.69. The fourth-order valence-electron chi connectivity index (χ4n) is 1.99. The first kappa shape index (κ1) is 9.24. The molecule has 0 fully saturated rings. The molecule has 2 N–H and O–H groups in total. The van der Waals surface area contributed by atoms with Crippen LogP contribution >= 0.6 is 0 Å². The number of rotatable bonds is 1. The van der Waals surface area contributed by atoms with Gasteiger partial charge in [-0.15, -0.1) is 0 Å². The van der Waals surface area contributed by atoms with E-state index in [1.165, 1.54) is 0 Å². The van der Waals surface area contributed by atoms with Gasteiger partial charge in [-0.25, -0.2) is 0 Å². The fourth-order valence-corrected chi connectivity index (χ4v) is 1.99. The van der Waals surface area contributed by atoms with Gasteiger partial charge in [0.1, 0.15) is 0 Å². The summed E-state index contributed by atoms with van der Waals surface area (Å²) in [6, 6.07) is 10.1. The van der Waals surface area contributed by atoms with Gasteiger partial charge in [-0.2, -0.15) is 0 Å². The lowest BCUT2D eigenvalue weighted by Gasteiger charge is -2.05. The third kappa shape index (κ3) is 1.26. The van der Waals surface area contributed by atoms with E-state index in [1.54, 1.807) is 12.4 Å². The van der Waals surface area contributed by atoms with Gasteiger partial charge >= 0.3 is 0 Å². The largest absolute Gasteiger partial charge is 0.326 e. The van der Waals surface area contributed by atoms with Crippen LogP contribution in [-0.4, -0.2) is 9.97 Å². The summed E-state index contributed by atoms with van der Waals surface area (Å²) in [5, 5.41) is 2.20. The number of benzene rings is 1. The molecule has 3 nitrogen and oxygen atoms in total. The summed E-state index contributed by atoms with van der Waals surface area (Å²) >= 11 is 0. The lowest BCUT2D eigenvalue weighted by atomic mass is 10.1.